The van der Waals surface area contributed by atoms with E-state index in [0.717, 1.165) is 42.6 Å². The van der Waals surface area contributed by atoms with Crippen LogP contribution in [0.4, 0.5) is 0 Å². The maximum Gasteiger partial charge on any atom is 0.242 e. The highest BCUT2D eigenvalue weighted by molar-refractivity contribution is 6.42. The molecule has 1 N–H and O–H groups in total. The van der Waals surface area contributed by atoms with Crippen molar-refractivity contribution in [3.05, 3.63) is 63.6 Å². The minimum Gasteiger partial charge on any atom is -0.497 e. The number of carbonyl (C=O) groups excluding carboxylic acids is 2. The Morgan fingerprint density at radius 2 is 1.69 bits per heavy atom. The van der Waals surface area contributed by atoms with E-state index in [1.54, 1.807) is 37.1 Å². The van der Waals surface area contributed by atoms with Crippen LogP contribution < -0.4 is 10.1 Å². The molecular weight excluding hydrogens is 447 g/mol. The summed E-state index contributed by atoms with van der Waals surface area (Å²) in [6, 6.07) is 12.3. The van der Waals surface area contributed by atoms with Gasteiger partial charge in [-0.05, 0) is 55.2 Å². The van der Waals surface area contributed by atoms with E-state index in [1.807, 2.05) is 24.3 Å². The maximum absolute atomic E-state index is 13.3. The first-order chi connectivity index (χ1) is 15.4. The molecular formula is C25H30Cl2N2O3. The Balaban J connectivity index is 1.77. The monoisotopic (exact) mass is 476 g/mol. The molecule has 1 aliphatic carbocycles. The van der Waals surface area contributed by atoms with Gasteiger partial charge in [0.1, 0.15) is 11.8 Å². The summed E-state index contributed by atoms with van der Waals surface area (Å²) in [4.78, 5) is 28.0. The fourth-order valence-electron chi connectivity index (χ4n) is 4.00. The van der Waals surface area contributed by atoms with Crippen molar-refractivity contribution in [1.29, 1.82) is 0 Å². The zero-order valence-corrected chi connectivity index (χ0v) is 20.1. The highest BCUT2D eigenvalue weighted by Crippen LogP contribution is 2.24. The number of carbonyl (C=O) groups is 2. The number of nitrogens with zero attached hydrogens (tertiary/aromatic N) is 1. The molecule has 1 atom stereocenters. The fraction of sp³-hybridized carbons (Fsp3) is 0.440. The summed E-state index contributed by atoms with van der Waals surface area (Å²) in [7, 11) is 1.61. The second kappa shape index (κ2) is 11.6. The van der Waals surface area contributed by atoms with E-state index in [0.29, 0.717) is 16.6 Å². The van der Waals surface area contributed by atoms with E-state index in [2.05, 4.69) is 5.32 Å². The Kier molecular flexibility index (Phi) is 8.83. The van der Waals surface area contributed by atoms with Gasteiger partial charge in [0, 0.05) is 12.6 Å². The standard InChI is InChI=1S/C25H30Cl2N2O3/c1-17(25(31)28-20-6-4-3-5-7-20)29(16-18-8-11-21(32-2)12-9-18)24(30)15-19-10-13-22(26)23(27)14-19/h8-14,17,20H,3-7,15-16H2,1-2H3,(H,28,31)/t17-/m1/s1. The van der Waals surface area contributed by atoms with E-state index in [-0.39, 0.29) is 24.3 Å². The van der Waals surface area contributed by atoms with Crippen LogP contribution in [0.25, 0.3) is 0 Å². The van der Waals surface area contributed by atoms with E-state index in [1.165, 1.54) is 6.42 Å². The molecule has 2 aromatic rings. The molecule has 0 bridgehead atoms. The second-order valence-corrected chi connectivity index (χ2v) is 9.13. The molecule has 0 spiro atoms. The molecule has 0 aromatic heterocycles. The van der Waals surface area contributed by atoms with Gasteiger partial charge in [0.15, 0.2) is 0 Å². The molecule has 0 radical (unpaired) electrons. The van der Waals surface area contributed by atoms with Crippen molar-refractivity contribution in [2.45, 2.75) is 64.1 Å². The predicted molar refractivity (Wildman–Crippen MR) is 128 cm³/mol. The fourth-order valence-corrected chi connectivity index (χ4v) is 4.33. The lowest BCUT2D eigenvalue weighted by Crippen LogP contribution is -2.50. The molecule has 1 aliphatic rings. The number of halogens is 2. The summed E-state index contributed by atoms with van der Waals surface area (Å²) in [6.07, 6.45) is 5.60. The van der Waals surface area contributed by atoms with Gasteiger partial charge in [-0.2, -0.15) is 0 Å². The molecule has 2 amide bonds. The van der Waals surface area contributed by atoms with Gasteiger partial charge in [0.05, 0.1) is 23.6 Å². The molecule has 1 saturated carbocycles. The van der Waals surface area contributed by atoms with E-state index < -0.39 is 6.04 Å². The van der Waals surface area contributed by atoms with Crippen molar-refractivity contribution in [1.82, 2.24) is 10.2 Å². The van der Waals surface area contributed by atoms with Gasteiger partial charge in [0.25, 0.3) is 0 Å². The summed E-state index contributed by atoms with van der Waals surface area (Å²) in [6.45, 7) is 2.11. The molecule has 0 heterocycles. The van der Waals surface area contributed by atoms with Crippen LogP contribution in [0, 0.1) is 0 Å². The van der Waals surface area contributed by atoms with E-state index >= 15 is 0 Å². The smallest absolute Gasteiger partial charge is 0.242 e. The number of benzene rings is 2. The van der Waals surface area contributed by atoms with Gasteiger partial charge < -0.3 is 15.0 Å². The lowest BCUT2D eigenvalue weighted by molar-refractivity contribution is -0.140. The summed E-state index contributed by atoms with van der Waals surface area (Å²) in [5.41, 5.74) is 1.68. The number of ether oxygens (including phenoxy) is 1. The largest absolute Gasteiger partial charge is 0.497 e. The lowest BCUT2D eigenvalue weighted by atomic mass is 9.95. The van der Waals surface area contributed by atoms with Gasteiger partial charge in [-0.25, -0.2) is 0 Å². The van der Waals surface area contributed by atoms with Gasteiger partial charge in [-0.1, -0.05) is 60.7 Å². The summed E-state index contributed by atoms with van der Waals surface area (Å²) < 4.78 is 5.22. The number of hydrogen-bond donors (Lipinski definition) is 1. The number of amides is 2. The summed E-state index contributed by atoms with van der Waals surface area (Å²) >= 11 is 12.1. The minimum atomic E-state index is -0.602. The molecule has 3 rings (SSSR count). The summed E-state index contributed by atoms with van der Waals surface area (Å²) in [5, 5.41) is 3.99. The average molecular weight is 477 g/mol. The maximum atomic E-state index is 13.3. The van der Waals surface area contributed by atoms with Crippen LogP contribution in [-0.2, 0) is 22.6 Å². The molecule has 0 saturated heterocycles. The van der Waals surface area contributed by atoms with Gasteiger partial charge >= 0.3 is 0 Å². The number of nitrogens with one attached hydrogen (secondary N) is 1. The first-order valence-corrected chi connectivity index (χ1v) is 11.8. The van der Waals surface area contributed by atoms with Gasteiger partial charge in [-0.15, -0.1) is 0 Å². The topological polar surface area (TPSA) is 58.6 Å². The molecule has 0 aliphatic heterocycles. The third kappa shape index (κ3) is 6.63. The Labute approximate surface area is 200 Å². The number of methoxy groups -OCH3 is 1. The van der Waals surface area contributed by atoms with Crippen molar-refractivity contribution < 1.29 is 14.3 Å². The van der Waals surface area contributed by atoms with Crippen LogP contribution in [0.2, 0.25) is 10.0 Å². The minimum absolute atomic E-state index is 0.118. The first kappa shape index (κ1) is 24.4. The van der Waals surface area contributed by atoms with Crippen molar-refractivity contribution in [3.8, 4) is 5.75 Å². The SMILES string of the molecule is COc1ccc(CN(C(=O)Cc2ccc(Cl)c(Cl)c2)[C@H](C)C(=O)NC2CCCCC2)cc1. The van der Waals surface area contributed by atoms with Gasteiger partial charge in [0.2, 0.25) is 11.8 Å². The van der Waals surface area contributed by atoms with Crippen molar-refractivity contribution >= 4 is 35.0 Å². The molecule has 1 fully saturated rings. The van der Waals surface area contributed by atoms with Crippen LogP contribution in [0.1, 0.15) is 50.2 Å². The zero-order chi connectivity index (χ0) is 23.1. The highest BCUT2D eigenvalue weighted by Gasteiger charge is 2.28. The van der Waals surface area contributed by atoms with Crippen molar-refractivity contribution in [2.75, 3.05) is 7.11 Å². The van der Waals surface area contributed by atoms with Crippen molar-refractivity contribution in [2.24, 2.45) is 0 Å². The summed E-state index contributed by atoms with van der Waals surface area (Å²) in [5.74, 6) is 0.476. The van der Waals surface area contributed by atoms with Gasteiger partial charge in [-0.3, -0.25) is 9.59 Å². The molecule has 0 unspecified atom stereocenters. The Hall–Kier alpha value is -2.24. The molecule has 172 valence electrons. The molecule has 2 aromatic carbocycles. The van der Waals surface area contributed by atoms with Crippen LogP contribution in [-0.4, -0.2) is 35.9 Å². The second-order valence-electron chi connectivity index (χ2n) is 8.31. The third-order valence-corrected chi connectivity index (χ3v) is 6.71. The molecule has 7 heteroatoms. The van der Waals surface area contributed by atoms with E-state index in [4.69, 9.17) is 27.9 Å². The van der Waals surface area contributed by atoms with E-state index in [9.17, 15) is 9.59 Å². The zero-order valence-electron chi connectivity index (χ0n) is 18.6. The number of rotatable bonds is 8. The first-order valence-electron chi connectivity index (χ1n) is 11.0. The average Bonchev–Trinajstić information content (AvgIpc) is 2.80. The number of hydrogen-bond acceptors (Lipinski definition) is 3. The normalized spacial score (nSPS) is 15.1. The quantitative estimate of drug-likeness (QED) is 0.553. The van der Waals surface area contributed by atoms with Crippen molar-refractivity contribution in [3.63, 3.8) is 0 Å². The lowest BCUT2D eigenvalue weighted by Gasteiger charge is -2.31. The van der Waals surface area contributed by atoms with Crippen LogP contribution >= 0.6 is 23.2 Å². The van der Waals surface area contributed by atoms with Crippen LogP contribution in [0.5, 0.6) is 5.75 Å². The van der Waals surface area contributed by atoms with Crippen LogP contribution in [0.3, 0.4) is 0 Å². The molecule has 5 nitrogen and oxygen atoms in total. The van der Waals surface area contributed by atoms with Crippen LogP contribution in [0.15, 0.2) is 42.5 Å². The third-order valence-electron chi connectivity index (χ3n) is 5.97. The highest BCUT2D eigenvalue weighted by atomic mass is 35.5. The predicted octanol–water partition coefficient (Wildman–Crippen LogP) is 5.41. The Bertz CT molecular complexity index is 927. The Morgan fingerprint density at radius 1 is 1.03 bits per heavy atom. The Morgan fingerprint density at radius 3 is 2.31 bits per heavy atom. The molecule has 32 heavy (non-hydrogen) atoms.